The highest BCUT2D eigenvalue weighted by Crippen LogP contribution is 2.25. The van der Waals surface area contributed by atoms with Gasteiger partial charge in [-0.25, -0.2) is 0 Å². The first kappa shape index (κ1) is 14.1. The summed E-state index contributed by atoms with van der Waals surface area (Å²) in [5, 5.41) is 39.3. The van der Waals surface area contributed by atoms with E-state index in [1.165, 1.54) is 0 Å². The molecule has 5 atom stereocenters. The molecule has 2 fully saturated rings. The Bertz CT molecular complexity index is 259. The van der Waals surface area contributed by atoms with Crippen molar-refractivity contribution in [3.63, 3.8) is 0 Å². The monoisotopic (exact) mass is 265 g/mol. The SMILES string of the molecule is OC[C@@H](O)[C@H]1O[C@H](ON2CCOCC2)[C@@H](O)[C@H]1O. The van der Waals surface area contributed by atoms with Gasteiger partial charge in [0.2, 0.25) is 6.29 Å². The Labute approximate surface area is 104 Å². The molecule has 2 saturated heterocycles. The van der Waals surface area contributed by atoms with Gasteiger partial charge in [0.15, 0.2) is 0 Å². The zero-order valence-electron chi connectivity index (χ0n) is 9.88. The van der Waals surface area contributed by atoms with Gasteiger partial charge in [0.25, 0.3) is 0 Å². The smallest absolute Gasteiger partial charge is 0.206 e. The number of hydroxylamine groups is 2. The van der Waals surface area contributed by atoms with E-state index < -0.39 is 37.3 Å². The number of nitrogens with zero attached hydrogens (tertiary/aromatic N) is 1. The molecule has 106 valence electrons. The van der Waals surface area contributed by atoms with Crippen molar-refractivity contribution in [2.45, 2.75) is 30.7 Å². The molecule has 2 heterocycles. The highest BCUT2D eigenvalue weighted by atomic mass is 16.8. The molecule has 0 spiro atoms. The lowest BCUT2D eigenvalue weighted by molar-refractivity contribution is -0.307. The van der Waals surface area contributed by atoms with E-state index in [1.54, 1.807) is 5.06 Å². The molecule has 2 aliphatic heterocycles. The van der Waals surface area contributed by atoms with Gasteiger partial charge in [-0.05, 0) is 0 Å². The lowest BCUT2D eigenvalue weighted by Gasteiger charge is -2.29. The summed E-state index contributed by atoms with van der Waals surface area (Å²) in [5.74, 6) is 0. The van der Waals surface area contributed by atoms with Gasteiger partial charge < -0.3 is 29.9 Å². The molecule has 0 aliphatic carbocycles. The summed E-state index contributed by atoms with van der Waals surface area (Å²) >= 11 is 0. The minimum atomic E-state index is -1.29. The van der Waals surface area contributed by atoms with Crippen LogP contribution in [0.4, 0.5) is 0 Å². The molecule has 0 aromatic heterocycles. The molecule has 0 aromatic rings. The van der Waals surface area contributed by atoms with Gasteiger partial charge in [0.1, 0.15) is 24.4 Å². The number of ether oxygens (including phenoxy) is 2. The van der Waals surface area contributed by atoms with E-state index in [-0.39, 0.29) is 0 Å². The second-order valence-electron chi connectivity index (χ2n) is 4.35. The maximum absolute atomic E-state index is 9.75. The third-order valence-electron chi connectivity index (χ3n) is 3.05. The summed E-state index contributed by atoms with van der Waals surface area (Å²) in [7, 11) is 0. The Hall–Kier alpha value is -0.320. The van der Waals surface area contributed by atoms with Crippen molar-refractivity contribution >= 4 is 0 Å². The van der Waals surface area contributed by atoms with E-state index in [4.69, 9.17) is 19.4 Å². The van der Waals surface area contributed by atoms with Crippen LogP contribution in [0.2, 0.25) is 0 Å². The van der Waals surface area contributed by atoms with Crippen molar-refractivity contribution in [1.29, 1.82) is 0 Å². The van der Waals surface area contributed by atoms with E-state index in [2.05, 4.69) is 0 Å². The minimum absolute atomic E-state index is 0.522. The van der Waals surface area contributed by atoms with Crippen LogP contribution >= 0.6 is 0 Å². The molecule has 0 bridgehead atoms. The molecule has 18 heavy (non-hydrogen) atoms. The quantitative estimate of drug-likeness (QED) is 0.427. The van der Waals surface area contributed by atoms with Gasteiger partial charge in [-0.15, -0.1) is 0 Å². The van der Waals surface area contributed by atoms with Gasteiger partial charge in [-0.3, -0.25) is 4.84 Å². The van der Waals surface area contributed by atoms with Crippen LogP contribution in [-0.2, 0) is 14.3 Å². The molecule has 8 nitrogen and oxygen atoms in total. The molecular weight excluding hydrogens is 246 g/mol. The van der Waals surface area contributed by atoms with Crippen LogP contribution in [0.5, 0.6) is 0 Å². The zero-order valence-corrected chi connectivity index (χ0v) is 9.88. The van der Waals surface area contributed by atoms with E-state index in [9.17, 15) is 15.3 Å². The van der Waals surface area contributed by atoms with Crippen LogP contribution in [0.25, 0.3) is 0 Å². The van der Waals surface area contributed by atoms with Crippen molar-refractivity contribution in [2.24, 2.45) is 0 Å². The van der Waals surface area contributed by atoms with Crippen LogP contribution in [-0.4, -0.2) is 89.1 Å². The number of morpholine rings is 1. The summed E-state index contributed by atoms with van der Waals surface area (Å²) in [6, 6.07) is 0. The number of rotatable bonds is 4. The van der Waals surface area contributed by atoms with Crippen molar-refractivity contribution in [3.05, 3.63) is 0 Å². The second-order valence-corrected chi connectivity index (χ2v) is 4.35. The Balaban J connectivity index is 1.89. The van der Waals surface area contributed by atoms with Crippen LogP contribution in [0, 0.1) is 0 Å². The molecule has 0 unspecified atom stereocenters. The lowest BCUT2D eigenvalue weighted by atomic mass is 10.1. The Kier molecular flexibility index (Phi) is 4.87. The molecule has 0 saturated carbocycles. The molecule has 0 aromatic carbocycles. The molecule has 2 aliphatic rings. The zero-order chi connectivity index (χ0) is 13.1. The first-order valence-electron chi connectivity index (χ1n) is 5.93. The Morgan fingerprint density at radius 1 is 1.22 bits per heavy atom. The summed E-state index contributed by atoms with van der Waals surface area (Å²) in [5.41, 5.74) is 0. The lowest BCUT2D eigenvalue weighted by Crippen LogP contribution is -2.43. The van der Waals surface area contributed by atoms with E-state index >= 15 is 0 Å². The predicted octanol–water partition coefficient (Wildman–Crippen LogP) is -2.95. The third-order valence-corrected chi connectivity index (χ3v) is 3.05. The van der Waals surface area contributed by atoms with Crippen LogP contribution in [0.1, 0.15) is 0 Å². The Morgan fingerprint density at radius 3 is 2.50 bits per heavy atom. The van der Waals surface area contributed by atoms with Gasteiger partial charge in [0.05, 0.1) is 19.8 Å². The van der Waals surface area contributed by atoms with Gasteiger partial charge in [-0.1, -0.05) is 0 Å². The normalized spacial score (nSPS) is 40.0. The van der Waals surface area contributed by atoms with Crippen molar-refractivity contribution in [3.8, 4) is 0 Å². The maximum Gasteiger partial charge on any atom is 0.206 e. The van der Waals surface area contributed by atoms with Gasteiger partial charge in [0, 0.05) is 13.1 Å². The first-order chi connectivity index (χ1) is 8.63. The van der Waals surface area contributed by atoms with Gasteiger partial charge >= 0.3 is 0 Å². The number of aliphatic hydroxyl groups is 4. The molecule has 0 amide bonds. The number of hydrogen-bond donors (Lipinski definition) is 4. The van der Waals surface area contributed by atoms with Gasteiger partial charge in [-0.2, -0.15) is 5.06 Å². The molecular formula is C10H19NO7. The number of hydrogen-bond acceptors (Lipinski definition) is 8. The van der Waals surface area contributed by atoms with E-state index in [0.717, 1.165) is 0 Å². The summed E-state index contributed by atoms with van der Waals surface area (Å²) in [6.07, 6.45) is -5.93. The molecule has 4 N–H and O–H groups in total. The summed E-state index contributed by atoms with van der Waals surface area (Å²) < 4.78 is 10.4. The highest BCUT2D eigenvalue weighted by molar-refractivity contribution is 4.90. The number of aliphatic hydroxyl groups excluding tert-OH is 4. The highest BCUT2D eigenvalue weighted by Gasteiger charge is 2.47. The first-order valence-corrected chi connectivity index (χ1v) is 5.93. The fourth-order valence-corrected chi connectivity index (χ4v) is 1.98. The standard InChI is InChI=1S/C10H19NO7/c12-5-6(13)9-7(14)8(15)10(17-9)18-11-1-3-16-4-2-11/h6-10,12-15H,1-5H2/t6-,7-,8+,9-,10-/m1/s1. The van der Waals surface area contributed by atoms with E-state index in [1.807, 2.05) is 0 Å². The maximum atomic E-state index is 9.75. The summed E-state index contributed by atoms with van der Waals surface area (Å²) in [4.78, 5) is 5.39. The van der Waals surface area contributed by atoms with Crippen LogP contribution < -0.4 is 0 Å². The molecule has 2 rings (SSSR count). The van der Waals surface area contributed by atoms with Crippen molar-refractivity contribution in [1.82, 2.24) is 5.06 Å². The third kappa shape index (κ3) is 2.98. The topological polar surface area (TPSA) is 112 Å². The van der Waals surface area contributed by atoms with Crippen LogP contribution in [0.15, 0.2) is 0 Å². The van der Waals surface area contributed by atoms with Crippen molar-refractivity contribution < 1.29 is 34.7 Å². The summed E-state index contributed by atoms with van der Waals surface area (Å²) in [6.45, 7) is 1.56. The fraction of sp³-hybridized carbons (Fsp3) is 1.00. The predicted molar refractivity (Wildman–Crippen MR) is 57.2 cm³/mol. The second kappa shape index (κ2) is 6.22. The molecule has 8 heteroatoms. The van der Waals surface area contributed by atoms with E-state index in [0.29, 0.717) is 26.3 Å². The molecule has 0 radical (unpaired) electrons. The largest absolute Gasteiger partial charge is 0.394 e. The average molecular weight is 265 g/mol. The Morgan fingerprint density at radius 2 is 1.89 bits per heavy atom. The minimum Gasteiger partial charge on any atom is -0.394 e. The van der Waals surface area contributed by atoms with Crippen molar-refractivity contribution in [2.75, 3.05) is 32.9 Å². The van der Waals surface area contributed by atoms with Crippen LogP contribution in [0.3, 0.4) is 0 Å². The fourth-order valence-electron chi connectivity index (χ4n) is 1.98. The average Bonchev–Trinajstić information content (AvgIpc) is 2.67.